The molecule has 4 N–H and O–H groups in total. The highest BCUT2D eigenvalue weighted by Gasteiger charge is 2.39. The maximum Gasteiger partial charge on any atom is 0.403 e. The maximum absolute atomic E-state index is 14.6. The number of alkyl halides is 1. The number of imidazole rings is 1. The summed E-state index contributed by atoms with van der Waals surface area (Å²) in [4.78, 5) is 33.3. The minimum Gasteiger partial charge on any atom is -0.465 e. The lowest BCUT2D eigenvalue weighted by Crippen LogP contribution is -2.34. The van der Waals surface area contributed by atoms with Gasteiger partial charge in [-0.15, -0.1) is 0 Å². The lowest BCUT2D eigenvalue weighted by molar-refractivity contribution is -0.144. The molecule has 15 heteroatoms. The van der Waals surface area contributed by atoms with Crippen LogP contribution in [0.4, 0.5) is 10.2 Å². The first-order valence-electron chi connectivity index (χ1n) is 8.98. The van der Waals surface area contributed by atoms with Gasteiger partial charge < -0.3 is 20.1 Å². The van der Waals surface area contributed by atoms with Crippen LogP contribution in [-0.2, 0) is 23.4 Å². The van der Waals surface area contributed by atoms with Crippen LogP contribution in [0.2, 0.25) is 5.28 Å². The summed E-state index contributed by atoms with van der Waals surface area (Å²) in [6.07, 6.45) is -2.23. The number of hydrogen-bond acceptors (Lipinski definition) is 9. The number of ether oxygens (including phenoxy) is 2. The highest BCUT2D eigenvalue weighted by Crippen LogP contribution is 2.40. The number of fused-ring (bicyclic) bond motifs is 1. The zero-order valence-corrected chi connectivity index (χ0v) is 17.7. The van der Waals surface area contributed by atoms with E-state index < -0.39 is 44.9 Å². The molecular formula is C15H21ClFN6O6P. The minimum atomic E-state index is -4.36. The van der Waals surface area contributed by atoms with E-state index in [1.165, 1.54) is 17.8 Å². The van der Waals surface area contributed by atoms with Crippen LogP contribution in [0.1, 0.15) is 26.5 Å². The summed E-state index contributed by atoms with van der Waals surface area (Å²) in [5.41, 5.74) is 6.18. The summed E-state index contributed by atoms with van der Waals surface area (Å²) in [5.74, 6) is -0.664. The molecule has 1 aliphatic rings. The molecule has 5 atom stereocenters. The van der Waals surface area contributed by atoms with Crippen LogP contribution in [-0.4, -0.2) is 61.9 Å². The highest BCUT2D eigenvalue weighted by atomic mass is 35.5. The molecule has 3 rings (SSSR count). The van der Waals surface area contributed by atoms with Gasteiger partial charge in [0.1, 0.15) is 17.7 Å². The SMILES string of the molecule is CCOC(=O)C(C)NP(=O)(O)OCC1CC(F)C(n2cnc3c(N)nc(Cl)nc32)O1. The second kappa shape index (κ2) is 9.08. The van der Waals surface area contributed by atoms with Gasteiger partial charge in [-0.1, -0.05) is 0 Å². The lowest BCUT2D eigenvalue weighted by atomic mass is 10.2. The number of aromatic nitrogens is 4. The zero-order valence-electron chi connectivity index (χ0n) is 16.1. The second-order valence-electron chi connectivity index (χ2n) is 6.52. The number of carbonyl (C=O) groups is 1. The number of hydrogen-bond donors (Lipinski definition) is 3. The number of nitrogens with one attached hydrogen (secondary N) is 1. The van der Waals surface area contributed by atoms with Crippen molar-refractivity contribution in [2.75, 3.05) is 18.9 Å². The van der Waals surface area contributed by atoms with Crippen LogP contribution in [0.15, 0.2) is 6.33 Å². The average Bonchev–Trinajstić information content (AvgIpc) is 3.23. The quantitative estimate of drug-likeness (QED) is 0.292. The number of carbonyl (C=O) groups excluding carboxylic acids is 1. The van der Waals surface area contributed by atoms with Gasteiger partial charge in [0.15, 0.2) is 17.7 Å². The Morgan fingerprint density at radius 3 is 3.03 bits per heavy atom. The summed E-state index contributed by atoms with van der Waals surface area (Å²) >= 11 is 5.81. The molecule has 0 amide bonds. The second-order valence-corrected chi connectivity index (χ2v) is 8.42. The summed E-state index contributed by atoms with van der Waals surface area (Å²) in [5, 5.41) is 2.03. The molecule has 0 aromatic carbocycles. The Balaban J connectivity index is 1.63. The van der Waals surface area contributed by atoms with Crippen LogP contribution >= 0.6 is 19.3 Å². The highest BCUT2D eigenvalue weighted by molar-refractivity contribution is 7.50. The number of anilines is 1. The van der Waals surface area contributed by atoms with Gasteiger partial charge in [-0.3, -0.25) is 13.9 Å². The molecule has 0 bridgehead atoms. The first-order valence-corrected chi connectivity index (χ1v) is 10.9. The fraction of sp³-hybridized carbons (Fsp3) is 0.600. The number of esters is 1. The number of halogens is 2. The molecule has 1 aliphatic heterocycles. The summed E-state index contributed by atoms with van der Waals surface area (Å²) in [7, 11) is -4.36. The first kappa shape index (κ1) is 22.8. The molecule has 0 aliphatic carbocycles. The number of nitrogens with zero attached hydrogens (tertiary/aromatic N) is 4. The Morgan fingerprint density at radius 1 is 1.60 bits per heavy atom. The first-order chi connectivity index (χ1) is 14.1. The predicted octanol–water partition coefficient (Wildman–Crippen LogP) is 1.35. The molecule has 166 valence electrons. The lowest BCUT2D eigenvalue weighted by Gasteiger charge is -2.20. The van der Waals surface area contributed by atoms with Crippen molar-refractivity contribution < 1.29 is 32.6 Å². The van der Waals surface area contributed by atoms with Crippen molar-refractivity contribution in [3.63, 3.8) is 0 Å². The topological polar surface area (TPSA) is 164 Å². The molecule has 2 aromatic heterocycles. The normalized spacial score (nSPS) is 24.6. The van der Waals surface area contributed by atoms with Crippen LogP contribution in [0, 0.1) is 0 Å². The van der Waals surface area contributed by atoms with Gasteiger partial charge in [-0.2, -0.15) is 9.97 Å². The number of nitrogen functional groups attached to an aromatic ring is 1. The molecule has 0 radical (unpaired) electrons. The fourth-order valence-electron chi connectivity index (χ4n) is 2.94. The molecule has 12 nitrogen and oxygen atoms in total. The van der Waals surface area contributed by atoms with Crippen molar-refractivity contribution in [1.82, 2.24) is 24.6 Å². The van der Waals surface area contributed by atoms with Gasteiger partial charge in [0, 0.05) is 6.42 Å². The van der Waals surface area contributed by atoms with Gasteiger partial charge in [0.25, 0.3) is 0 Å². The largest absolute Gasteiger partial charge is 0.465 e. The third-order valence-electron chi connectivity index (χ3n) is 4.26. The van der Waals surface area contributed by atoms with Gasteiger partial charge in [0.05, 0.1) is 25.6 Å². The van der Waals surface area contributed by atoms with Crippen LogP contribution in [0.5, 0.6) is 0 Å². The van der Waals surface area contributed by atoms with Crippen molar-refractivity contribution in [2.45, 2.75) is 44.8 Å². The summed E-state index contributed by atoms with van der Waals surface area (Å²) in [6.45, 7) is 2.70. The van der Waals surface area contributed by atoms with Gasteiger partial charge >= 0.3 is 13.7 Å². The van der Waals surface area contributed by atoms with Crippen molar-refractivity contribution in [2.24, 2.45) is 0 Å². The maximum atomic E-state index is 14.6. The Hall–Kier alpha value is -1.89. The molecule has 0 spiro atoms. The summed E-state index contributed by atoms with van der Waals surface area (Å²) in [6, 6.07) is -1.07. The smallest absolute Gasteiger partial charge is 0.403 e. The van der Waals surface area contributed by atoms with Crippen molar-refractivity contribution >= 4 is 42.3 Å². The Morgan fingerprint density at radius 2 is 2.33 bits per heavy atom. The molecule has 5 unspecified atom stereocenters. The zero-order chi connectivity index (χ0) is 22.1. The van der Waals surface area contributed by atoms with Crippen molar-refractivity contribution in [1.29, 1.82) is 0 Å². The van der Waals surface area contributed by atoms with Crippen molar-refractivity contribution in [3.05, 3.63) is 11.6 Å². The van der Waals surface area contributed by atoms with Gasteiger partial charge in [0.2, 0.25) is 5.28 Å². The van der Waals surface area contributed by atoms with E-state index in [2.05, 4.69) is 20.0 Å². The van der Waals surface area contributed by atoms with E-state index in [0.29, 0.717) is 0 Å². The Bertz CT molecular complexity index is 978. The fourth-order valence-corrected chi connectivity index (χ4v) is 4.14. The van der Waals surface area contributed by atoms with E-state index in [-0.39, 0.29) is 35.3 Å². The number of rotatable bonds is 8. The van der Waals surface area contributed by atoms with E-state index in [4.69, 9.17) is 31.3 Å². The van der Waals surface area contributed by atoms with Crippen molar-refractivity contribution in [3.8, 4) is 0 Å². The standard InChI is InChI=1S/C15H21ClFN6O6P/c1-3-27-14(24)7(2)22-30(25,26)28-5-8-4-9(17)13(29-8)23-6-19-10-11(18)20-15(16)21-12(10)23/h6-9,13H,3-5H2,1-2H3,(H2,18,20,21)(H2,22,25,26). The van der Waals surface area contributed by atoms with E-state index in [0.717, 1.165) is 0 Å². The van der Waals surface area contributed by atoms with Crippen LogP contribution in [0.25, 0.3) is 11.2 Å². The monoisotopic (exact) mass is 466 g/mol. The third-order valence-corrected chi connectivity index (χ3v) is 5.64. The predicted molar refractivity (Wildman–Crippen MR) is 103 cm³/mol. The van der Waals surface area contributed by atoms with Gasteiger partial charge in [-0.25, -0.2) is 19.0 Å². The Kier molecular flexibility index (Phi) is 6.90. The molecule has 3 heterocycles. The molecule has 1 fully saturated rings. The third kappa shape index (κ3) is 5.05. The average molecular weight is 467 g/mol. The molecule has 0 saturated carbocycles. The summed E-state index contributed by atoms with van der Waals surface area (Å²) < 4.78 is 43.4. The Labute approximate surface area is 175 Å². The van der Waals surface area contributed by atoms with Crippen LogP contribution in [0.3, 0.4) is 0 Å². The molecule has 2 aromatic rings. The minimum absolute atomic E-state index is 0.0417. The van der Waals surface area contributed by atoms with E-state index >= 15 is 0 Å². The van der Waals surface area contributed by atoms with Gasteiger partial charge in [-0.05, 0) is 25.4 Å². The van der Waals surface area contributed by atoms with E-state index in [1.54, 1.807) is 6.92 Å². The molecule has 1 saturated heterocycles. The van der Waals surface area contributed by atoms with E-state index in [9.17, 15) is 18.6 Å². The molecule has 30 heavy (non-hydrogen) atoms. The number of nitrogens with two attached hydrogens (primary N) is 1. The van der Waals surface area contributed by atoms with Crippen LogP contribution < -0.4 is 10.8 Å². The molecular weight excluding hydrogens is 446 g/mol. The van der Waals surface area contributed by atoms with E-state index in [1.807, 2.05) is 0 Å².